The van der Waals surface area contributed by atoms with Gasteiger partial charge in [-0.05, 0) is 56.4 Å². The second-order valence-corrected chi connectivity index (χ2v) is 8.91. The molecule has 0 atom stereocenters. The van der Waals surface area contributed by atoms with Crippen molar-refractivity contribution in [2.24, 2.45) is 0 Å². The van der Waals surface area contributed by atoms with Crippen LogP contribution in [0.15, 0.2) is 73.3 Å². The topological polar surface area (TPSA) is 98.5 Å². The average Bonchev–Trinajstić information content (AvgIpc) is 3.64. The summed E-state index contributed by atoms with van der Waals surface area (Å²) < 4.78 is 20.4. The fourth-order valence-electron chi connectivity index (χ4n) is 4.06. The summed E-state index contributed by atoms with van der Waals surface area (Å²) in [6.45, 7) is 3.16. The Morgan fingerprint density at radius 1 is 1.08 bits per heavy atom. The first-order valence-corrected chi connectivity index (χ1v) is 12.0. The fraction of sp³-hybridized carbons (Fsp3) is 0.179. The largest absolute Gasteiger partial charge is 0.492 e. The molecule has 0 aliphatic carbocycles. The van der Waals surface area contributed by atoms with Crippen LogP contribution < -0.4 is 4.74 Å². The van der Waals surface area contributed by atoms with Crippen LogP contribution in [0.1, 0.15) is 18.1 Å². The first kappa shape index (κ1) is 24.2. The van der Waals surface area contributed by atoms with Crippen molar-refractivity contribution >= 4 is 16.5 Å². The highest BCUT2D eigenvalue weighted by molar-refractivity contribution is 5.94. The molecule has 0 amide bonds. The van der Waals surface area contributed by atoms with E-state index in [4.69, 9.17) is 4.74 Å². The number of hydrogen-bond acceptors (Lipinski definition) is 5. The molecule has 188 valence electrons. The average molecular weight is 498 g/mol. The van der Waals surface area contributed by atoms with Gasteiger partial charge in [0.2, 0.25) is 0 Å². The molecule has 0 unspecified atom stereocenters. The summed E-state index contributed by atoms with van der Waals surface area (Å²) in [5.41, 5.74) is 6.60. The Balaban J connectivity index is 1.50. The number of hydrogen-bond donors (Lipinski definition) is 3. The van der Waals surface area contributed by atoms with Gasteiger partial charge in [-0.2, -0.15) is 10.2 Å². The summed E-state index contributed by atoms with van der Waals surface area (Å²) in [7, 11) is 3.94. The van der Waals surface area contributed by atoms with E-state index < -0.39 is 0 Å². The molecule has 0 radical (unpaired) electrons. The molecular weight excluding hydrogens is 469 g/mol. The summed E-state index contributed by atoms with van der Waals surface area (Å²) in [6, 6.07) is 8.80. The lowest BCUT2D eigenvalue weighted by atomic mass is 9.98. The molecule has 4 heterocycles. The Kier molecular flexibility index (Phi) is 6.96. The van der Waals surface area contributed by atoms with Crippen LogP contribution >= 0.6 is 0 Å². The molecule has 0 saturated carbocycles. The van der Waals surface area contributed by atoms with Crippen LogP contribution in [0.3, 0.4) is 0 Å². The summed E-state index contributed by atoms with van der Waals surface area (Å²) in [5.74, 6) is 0.147. The number of aromatic nitrogens is 6. The number of likely N-dealkylation sites (N-methyl/N-ethyl adjacent to an activating group) is 1. The minimum Gasteiger partial charge on any atom is -0.492 e. The Morgan fingerprint density at radius 3 is 2.76 bits per heavy atom. The number of pyridine rings is 1. The third-order valence-electron chi connectivity index (χ3n) is 5.94. The van der Waals surface area contributed by atoms with Crippen molar-refractivity contribution in [2.45, 2.75) is 6.92 Å². The highest BCUT2D eigenvalue weighted by Gasteiger charge is 2.16. The van der Waals surface area contributed by atoms with Crippen LogP contribution in [0.25, 0.3) is 39.1 Å². The van der Waals surface area contributed by atoms with Gasteiger partial charge in [0.05, 0.1) is 29.3 Å². The maximum Gasteiger partial charge on any atom is 0.127 e. The molecule has 0 spiro atoms. The van der Waals surface area contributed by atoms with Crippen molar-refractivity contribution in [1.29, 1.82) is 0 Å². The predicted octanol–water partition coefficient (Wildman–Crippen LogP) is 5.43. The van der Waals surface area contributed by atoms with E-state index in [2.05, 4.69) is 30.4 Å². The fourth-order valence-corrected chi connectivity index (χ4v) is 4.06. The Morgan fingerprint density at radius 2 is 1.97 bits per heavy atom. The highest BCUT2D eigenvalue weighted by Crippen LogP contribution is 2.33. The molecule has 0 saturated heterocycles. The van der Waals surface area contributed by atoms with E-state index in [0.717, 1.165) is 56.8 Å². The highest BCUT2D eigenvalue weighted by atomic mass is 19.1. The van der Waals surface area contributed by atoms with E-state index in [1.165, 1.54) is 12.1 Å². The van der Waals surface area contributed by atoms with Gasteiger partial charge in [0.1, 0.15) is 23.9 Å². The number of halogens is 1. The SMILES string of the molecule is C/C=C/C=C(/c1cc(F)cc(OCCN(C)C)c1)c1c[nH]c(-c2n[nH]c3cnc(-c4cn[nH]c4)cc23)c1. The van der Waals surface area contributed by atoms with Crippen molar-refractivity contribution in [3.63, 3.8) is 0 Å². The van der Waals surface area contributed by atoms with Gasteiger partial charge in [0.15, 0.2) is 0 Å². The standard InChI is InChI=1S/C28H28FN7O/c1-4-5-6-23(18-9-21(29)12-22(10-18)37-8-7-36(2)3)19-11-26(30-14-19)28-24-13-25(20-15-32-33-16-20)31-17-27(24)34-35-28/h4-6,9-17,30H,7-8H2,1-3H3,(H,32,33)(H,34,35)/b5-4+,23-6-. The maximum atomic E-state index is 14.6. The van der Waals surface area contributed by atoms with E-state index in [1.807, 2.05) is 68.5 Å². The quantitative estimate of drug-likeness (QED) is 0.236. The van der Waals surface area contributed by atoms with E-state index in [9.17, 15) is 4.39 Å². The minimum atomic E-state index is -0.350. The van der Waals surface area contributed by atoms with Crippen molar-refractivity contribution in [2.75, 3.05) is 27.2 Å². The third-order valence-corrected chi connectivity index (χ3v) is 5.94. The van der Waals surface area contributed by atoms with Crippen LogP contribution in [-0.2, 0) is 0 Å². The number of rotatable bonds is 9. The molecule has 0 aliphatic heterocycles. The molecule has 3 N–H and O–H groups in total. The van der Waals surface area contributed by atoms with Gasteiger partial charge in [-0.15, -0.1) is 0 Å². The van der Waals surface area contributed by atoms with Crippen molar-refractivity contribution in [3.05, 3.63) is 90.3 Å². The lowest BCUT2D eigenvalue weighted by molar-refractivity contribution is 0.260. The van der Waals surface area contributed by atoms with Gasteiger partial charge in [-0.1, -0.05) is 18.2 Å². The van der Waals surface area contributed by atoms with Gasteiger partial charge < -0.3 is 14.6 Å². The number of aromatic amines is 3. The molecule has 0 fully saturated rings. The van der Waals surface area contributed by atoms with Crippen LogP contribution in [0.4, 0.5) is 4.39 Å². The number of allylic oxidation sites excluding steroid dienone is 3. The molecule has 5 aromatic rings. The van der Waals surface area contributed by atoms with E-state index in [0.29, 0.717) is 12.4 Å². The van der Waals surface area contributed by atoms with E-state index >= 15 is 0 Å². The zero-order valence-corrected chi connectivity index (χ0v) is 20.9. The number of benzene rings is 1. The first-order valence-electron chi connectivity index (χ1n) is 12.0. The molecule has 4 aromatic heterocycles. The lowest BCUT2D eigenvalue weighted by Gasteiger charge is -2.13. The smallest absolute Gasteiger partial charge is 0.127 e. The number of H-pyrrole nitrogens is 3. The monoisotopic (exact) mass is 497 g/mol. The van der Waals surface area contributed by atoms with Gasteiger partial charge in [0.25, 0.3) is 0 Å². The first-order chi connectivity index (χ1) is 18.0. The molecule has 1 aromatic carbocycles. The molecule has 37 heavy (non-hydrogen) atoms. The van der Waals surface area contributed by atoms with Crippen molar-refractivity contribution < 1.29 is 9.13 Å². The lowest BCUT2D eigenvalue weighted by Crippen LogP contribution is -2.19. The van der Waals surface area contributed by atoms with Crippen LogP contribution in [0, 0.1) is 5.82 Å². The second kappa shape index (κ2) is 10.6. The molecule has 5 rings (SSSR count). The van der Waals surface area contributed by atoms with E-state index in [-0.39, 0.29) is 5.82 Å². The summed E-state index contributed by atoms with van der Waals surface area (Å²) in [6.07, 6.45) is 13.0. The number of nitrogens with one attached hydrogen (secondary N) is 3. The molecule has 8 nitrogen and oxygen atoms in total. The summed E-state index contributed by atoms with van der Waals surface area (Å²) >= 11 is 0. The van der Waals surface area contributed by atoms with Crippen LogP contribution in [-0.4, -0.2) is 62.5 Å². The van der Waals surface area contributed by atoms with E-state index in [1.54, 1.807) is 18.6 Å². The predicted molar refractivity (Wildman–Crippen MR) is 144 cm³/mol. The van der Waals surface area contributed by atoms with Crippen LogP contribution in [0.5, 0.6) is 5.75 Å². The zero-order valence-electron chi connectivity index (χ0n) is 20.9. The van der Waals surface area contributed by atoms with Crippen molar-refractivity contribution in [1.82, 2.24) is 35.3 Å². The number of fused-ring (bicyclic) bond motifs is 1. The summed E-state index contributed by atoms with van der Waals surface area (Å²) in [5, 5.41) is 15.4. The number of ether oxygens (including phenoxy) is 1. The second-order valence-electron chi connectivity index (χ2n) is 8.91. The Bertz CT molecular complexity index is 1560. The number of nitrogens with zero attached hydrogens (tertiary/aromatic N) is 4. The molecule has 0 bridgehead atoms. The Labute approximate surface area is 213 Å². The van der Waals surface area contributed by atoms with Gasteiger partial charge in [-0.3, -0.25) is 15.2 Å². The maximum absolute atomic E-state index is 14.6. The molecule has 9 heteroatoms. The normalized spacial score (nSPS) is 12.3. The summed E-state index contributed by atoms with van der Waals surface area (Å²) in [4.78, 5) is 9.86. The molecular formula is C28H28FN7O. The van der Waals surface area contributed by atoms with Gasteiger partial charge in [-0.25, -0.2) is 4.39 Å². The molecule has 0 aliphatic rings. The third kappa shape index (κ3) is 5.36. The minimum absolute atomic E-state index is 0.350. The van der Waals surface area contributed by atoms with Gasteiger partial charge in [0, 0.05) is 41.5 Å². The zero-order chi connectivity index (χ0) is 25.8. The van der Waals surface area contributed by atoms with Crippen molar-refractivity contribution in [3.8, 4) is 28.4 Å². The Hall–Kier alpha value is -4.50. The van der Waals surface area contributed by atoms with Crippen LogP contribution in [0.2, 0.25) is 0 Å². The van der Waals surface area contributed by atoms with Gasteiger partial charge >= 0.3 is 0 Å².